The third-order valence-corrected chi connectivity index (χ3v) is 5.94. The van der Waals surface area contributed by atoms with Gasteiger partial charge in [0.2, 0.25) is 0 Å². The molecule has 5 heteroatoms. The Morgan fingerprint density at radius 2 is 1.79 bits per heavy atom. The van der Waals surface area contributed by atoms with Crippen LogP contribution in [0.15, 0.2) is 66.9 Å². The average molecular weight is 457 g/mol. The number of aromatic amines is 1. The largest absolute Gasteiger partial charge is 0.493 e. The molecule has 34 heavy (non-hydrogen) atoms. The van der Waals surface area contributed by atoms with Crippen molar-refractivity contribution in [3.8, 4) is 16.9 Å². The molecule has 1 heterocycles. The van der Waals surface area contributed by atoms with E-state index in [-0.39, 0.29) is 12.5 Å². The first kappa shape index (κ1) is 23.6. The van der Waals surface area contributed by atoms with Gasteiger partial charge in [0.05, 0.1) is 24.8 Å². The fraction of sp³-hybridized carbons (Fsp3) is 0.276. The molecule has 0 saturated carbocycles. The first-order valence-electron chi connectivity index (χ1n) is 11.8. The molecule has 3 N–H and O–H groups in total. The number of fused-ring (bicyclic) bond motifs is 1. The quantitative estimate of drug-likeness (QED) is 0.308. The highest BCUT2D eigenvalue weighted by Gasteiger charge is 2.19. The number of amides is 1. The number of H-pyrrole nitrogens is 1. The smallest absolute Gasteiger partial charge is 0.255 e. The van der Waals surface area contributed by atoms with Gasteiger partial charge < -0.3 is 20.1 Å². The Labute approximate surface area is 200 Å². The fourth-order valence-corrected chi connectivity index (χ4v) is 4.36. The monoisotopic (exact) mass is 456 g/mol. The van der Waals surface area contributed by atoms with Gasteiger partial charge in [0.25, 0.3) is 5.91 Å². The molecule has 0 spiro atoms. The number of benzene rings is 3. The van der Waals surface area contributed by atoms with Crippen LogP contribution in [0.2, 0.25) is 0 Å². The van der Waals surface area contributed by atoms with Crippen molar-refractivity contribution in [2.75, 3.05) is 13.2 Å². The molecule has 4 aromatic rings. The summed E-state index contributed by atoms with van der Waals surface area (Å²) in [6, 6.07) is 19.7. The lowest BCUT2D eigenvalue weighted by Gasteiger charge is -2.18. The number of aliphatic hydroxyl groups excluding tert-OH is 1. The molecule has 1 atom stereocenters. The summed E-state index contributed by atoms with van der Waals surface area (Å²) in [6.45, 7) is 6.54. The zero-order valence-corrected chi connectivity index (χ0v) is 20.0. The van der Waals surface area contributed by atoms with Crippen LogP contribution in [0.1, 0.15) is 40.4 Å². The second-order valence-corrected chi connectivity index (χ2v) is 8.85. The first-order chi connectivity index (χ1) is 16.5. The molecule has 1 aromatic heterocycles. The van der Waals surface area contributed by atoms with Gasteiger partial charge in [-0.1, -0.05) is 60.5 Å². The average Bonchev–Trinajstić information content (AvgIpc) is 3.24. The van der Waals surface area contributed by atoms with Crippen molar-refractivity contribution in [3.63, 3.8) is 0 Å². The Bertz CT molecular complexity index is 1270. The summed E-state index contributed by atoms with van der Waals surface area (Å²) in [5.41, 5.74) is 6.93. The lowest BCUT2D eigenvalue weighted by molar-refractivity contribution is 0.0912. The molecule has 3 aromatic carbocycles. The normalized spacial score (nSPS) is 12.0. The summed E-state index contributed by atoms with van der Waals surface area (Å²) in [7, 11) is 0. The van der Waals surface area contributed by atoms with Crippen molar-refractivity contribution < 1.29 is 14.6 Å². The van der Waals surface area contributed by atoms with Crippen LogP contribution < -0.4 is 10.1 Å². The molecule has 0 aliphatic rings. The van der Waals surface area contributed by atoms with Crippen molar-refractivity contribution in [1.29, 1.82) is 0 Å². The van der Waals surface area contributed by atoms with Gasteiger partial charge in [-0.15, -0.1) is 0 Å². The molecule has 0 saturated heterocycles. The van der Waals surface area contributed by atoms with Crippen LogP contribution >= 0.6 is 0 Å². The lowest BCUT2D eigenvalue weighted by Crippen LogP contribution is -2.39. The van der Waals surface area contributed by atoms with Crippen molar-refractivity contribution in [2.24, 2.45) is 0 Å². The minimum Gasteiger partial charge on any atom is -0.493 e. The minimum absolute atomic E-state index is 0.160. The van der Waals surface area contributed by atoms with Crippen LogP contribution in [-0.4, -0.2) is 35.3 Å². The number of aryl methyl sites for hydroxylation is 2. The number of rotatable bonds is 9. The van der Waals surface area contributed by atoms with Crippen molar-refractivity contribution in [3.05, 3.63) is 89.1 Å². The number of ether oxygens (including phenoxy) is 1. The number of carbonyl (C=O) groups excluding carboxylic acids is 1. The summed E-state index contributed by atoms with van der Waals surface area (Å²) >= 11 is 0. The predicted molar refractivity (Wildman–Crippen MR) is 137 cm³/mol. The SMILES string of the molecule is CCCOc1ccc(-c2cc(C)cc(C)c2)cc1C(=O)N[C@@H](CO)Cc1c[nH]c2ccccc12. The molecule has 0 aliphatic heterocycles. The number of para-hydroxylation sites is 1. The van der Waals surface area contributed by atoms with E-state index in [4.69, 9.17) is 4.74 Å². The number of nitrogens with one attached hydrogen (secondary N) is 2. The molecule has 0 radical (unpaired) electrons. The molecule has 5 nitrogen and oxygen atoms in total. The van der Waals surface area contributed by atoms with Crippen molar-refractivity contribution in [1.82, 2.24) is 10.3 Å². The summed E-state index contributed by atoms with van der Waals surface area (Å²) in [6.07, 6.45) is 3.31. The van der Waals surface area contributed by atoms with E-state index in [2.05, 4.69) is 42.3 Å². The van der Waals surface area contributed by atoms with Gasteiger partial charge >= 0.3 is 0 Å². The standard InChI is InChI=1S/C29H32N2O3/c1-4-11-34-28-10-9-21(22-13-19(2)12-20(3)14-22)16-26(28)29(33)31-24(18-32)15-23-17-30-27-8-6-5-7-25(23)27/h5-10,12-14,16-17,24,30,32H,4,11,15,18H2,1-3H3,(H,31,33)/t24-/m1/s1. The molecule has 0 bridgehead atoms. The predicted octanol–water partition coefficient (Wildman–Crippen LogP) is 5.57. The van der Waals surface area contributed by atoms with E-state index in [1.165, 1.54) is 11.1 Å². The maximum Gasteiger partial charge on any atom is 0.255 e. The Hall–Kier alpha value is -3.57. The topological polar surface area (TPSA) is 74.3 Å². The Balaban J connectivity index is 1.61. The first-order valence-corrected chi connectivity index (χ1v) is 11.8. The van der Waals surface area contributed by atoms with E-state index in [9.17, 15) is 9.90 Å². The van der Waals surface area contributed by atoms with Gasteiger partial charge in [-0.05, 0) is 61.6 Å². The zero-order chi connectivity index (χ0) is 24.1. The van der Waals surface area contributed by atoms with E-state index in [0.29, 0.717) is 24.3 Å². The molecule has 0 fully saturated rings. The van der Waals surface area contributed by atoms with Gasteiger partial charge in [0.15, 0.2) is 0 Å². The van der Waals surface area contributed by atoms with Gasteiger partial charge in [-0.25, -0.2) is 0 Å². The molecule has 4 rings (SSSR count). The van der Waals surface area contributed by atoms with E-state index in [1.54, 1.807) is 0 Å². The Kier molecular flexibility index (Phi) is 7.33. The summed E-state index contributed by atoms with van der Waals surface area (Å²) in [5, 5.41) is 14.2. The highest BCUT2D eigenvalue weighted by atomic mass is 16.5. The van der Waals surface area contributed by atoms with Gasteiger partial charge in [-0.3, -0.25) is 4.79 Å². The van der Waals surface area contributed by atoms with Crippen molar-refractivity contribution >= 4 is 16.8 Å². The number of hydrogen-bond acceptors (Lipinski definition) is 3. The van der Waals surface area contributed by atoms with Crippen molar-refractivity contribution in [2.45, 2.75) is 39.7 Å². The Morgan fingerprint density at radius 1 is 1.03 bits per heavy atom. The molecule has 1 amide bonds. The van der Waals surface area contributed by atoms with E-state index in [0.717, 1.165) is 34.0 Å². The Morgan fingerprint density at radius 3 is 2.53 bits per heavy atom. The lowest BCUT2D eigenvalue weighted by atomic mass is 9.98. The van der Waals surface area contributed by atoms with E-state index < -0.39 is 6.04 Å². The van der Waals surface area contributed by atoms with Crippen LogP contribution in [0.3, 0.4) is 0 Å². The highest BCUT2D eigenvalue weighted by Crippen LogP contribution is 2.29. The van der Waals surface area contributed by atoms with Gasteiger partial charge in [-0.2, -0.15) is 0 Å². The maximum absolute atomic E-state index is 13.4. The fourth-order valence-electron chi connectivity index (χ4n) is 4.36. The van der Waals surface area contributed by atoms with Crippen LogP contribution in [-0.2, 0) is 6.42 Å². The van der Waals surface area contributed by atoms with Gasteiger partial charge in [0.1, 0.15) is 5.75 Å². The summed E-state index contributed by atoms with van der Waals surface area (Å²) in [5.74, 6) is 0.299. The summed E-state index contributed by atoms with van der Waals surface area (Å²) < 4.78 is 5.90. The minimum atomic E-state index is -0.421. The number of aromatic nitrogens is 1. The number of hydrogen-bond donors (Lipinski definition) is 3. The summed E-state index contributed by atoms with van der Waals surface area (Å²) in [4.78, 5) is 16.7. The molecular formula is C29H32N2O3. The van der Waals surface area contributed by atoms with E-state index in [1.807, 2.05) is 55.6 Å². The van der Waals surface area contributed by atoms with Crippen LogP contribution in [0.4, 0.5) is 0 Å². The van der Waals surface area contributed by atoms with Crippen LogP contribution in [0.5, 0.6) is 5.75 Å². The molecule has 0 aliphatic carbocycles. The third kappa shape index (κ3) is 5.32. The highest BCUT2D eigenvalue weighted by molar-refractivity contribution is 5.98. The van der Waals surface area contributed by atoms with Crippen LogP contribution in [0.25, 0.3) is 22.0 Å². The second kappa shape index (κ2) is 10.6. The molecule has 0 unspecified atom stereocenters. The number of aliphatic hydroxyl groups is 1. The second-order valence-electron chi connectivity index (χ2n) is 8.85. The van der Waals surface area contributed by atoms with E-state index >= 15 is 0 Å². The molecular weight excluding hydrogens is 424 g/mol. The zero-order valence-electron chi connectivity index (χ0n) is 20.0. The molecule has 176 valence electrons. The maximum atomic E-state index is 13.4. The van der Waals surface area contributed by atoms with Crippen LogP contribution in [0, 0.1) is 13.8 Å². The third-order valence-electron chi connectivity index (χ3n) is 5.94. The number of carbonyl (C=O) groups is 1. The van der Waals surface area contributed by atoms with Gasteiger partial charge in [0, 0.05) is 17.1 Å².